The van der Waals surface area contributed by atoms with E-state index in [-0.39, 0.29) is 23.7 Å². The Morgan fingerprint density at radius 1 is 1.21 bits per heavy atom. The highest BCUT2D eigenvalue weighted by molar-refractivity contribution is 7.88. The van der Waals surface area contributed by atoms with Crippen LogP contribution in [0.2, 0.25) is 0 Å². The lowest BCUT2D eigenvalue weighted by atomic mass is 9.91. The van der Waals surface area contributed by atoms with Gasteiger partial charge >= 0.3 is 0 Å². The molecule has 0 amide bonds. The van der Waals surface area contributed by atoms with Crippen molar-refractivity contribution in [2.45, 2.75) is 52.0 Å². The van der Waals surface area contributed by atoms with Crippen LogP contribution >= 0.6 is 0 Å². The van der Waals surface area contributed by atoms with Crippen molar-refractivity contribution in [3.8, 4) is 5.75 Å². The molecule has 0 saturated carbocycles. The van der Waals surface area contributed by atoms with Gasteiger partial charge in [0.15, 0.2) is 5.78 Å². The van der Waals surface area contributed by atoms with Gasteiger partial charge in [-0.15, -0.1) is 0 Å². The molecule has 1 aromatic heterocycles. The van der Waals surface area contributed by atoms with Gasteiger partial charge in [0.25, 0.3) is 0 Å². The van der Waals surface area contributed by atoms with Crippen molar-refractivity contribution in [3.05, 3.63) is 76.6 Å². The monoisotopic (exact) mass is 536 g/mol. The van der Waals surface area contributed by atoms with E-state index in [1.807, 2.05) is 31.3 Å². The molecule has 2 aromatic carbocycles. The van der Waals surface area contributed by atoms with Crippen molar-refractivity contribution >= 4 is 27.4 Å². The van der Waals surface area contributed by atoms with E-state index in [2.05, 4.69) is 30.2 Å². The van der Waals surface area contributed by atoms with E-state index in [9.17, 15) is 13.2 Å². The van der Waals surface area contributed by atoms with E-state index < -0.39 is 10.0 Å². The Morgan fingerprint density at radius 2 is 1.95 bits per heavy atom. The second-order valence-electron chi connectivity index (χ2n) is 10.2. The zero-order chi connectivity index (χ0) is 27.6. The van der Waals surface area contributed by atoms with E-state index in [1.165, 1.54) is 16.1 Å². The first-order valence-electron chi connectivity index (χ1n) is 12.9. The summed E-state index contributed by atoms with van der Waals surface area (Å²) in [4.78, 5) is 21.6. The third-order valence-corrected chi connectivity index (χ3v) is 8.56. The molecule has 2 atom stereocenters. The number of carbonyl (C=O) groups is 1. The molecule has 8 nitrogen and oxygen atoms in total. The second-order valence-corrected chi connectivity index (χ2v) is 12.2. The number of methoxy groups -OCH3 is 1. The number of hydrogen-bond acceptors (Lipinski definition) is 7. The van der Waals surface area contributed by atoms with Crippen molar-refractivity contribution in [2.24, 2.45) is 5.92 Å². The number of sulfonamides is 1. The van der Waals surface area contributed by atoms with Crippen molar-refractivity contribution in [3.63, 3.8) is 0 Å². The quantitative estimate of drug-likeness (QED) is 0.351. The van der Waals surface area contributed by atoms with Crippen molar-refractivity contribution in [1.29, 1.82) is 0 Å². The second kappa shape index (κ2) is 11.2. The highest BCUT2D eigenvalue weighted by Crippen LogP contribution is 2.43. The highest BCUT2D eigenvalue weighted by Gasteiger charge is 2.39. The summed E-state index contributed by atoms with van der Waals surface area (Å²) in [5.74, 6) is 1.22. The number of nitrogens with zero attached hydrogens (tertiary/aromatic N) is 3. The molecule has 0 saturated heterocycles. The van der Waals surface area contributed by atoms with Gasteiger partial charge in [-0.3, -0.25) is 4.79 Å². The Labute approximate surface area is 225 Å². The van der Waals surface area contributed by atoms with Gasteiger partial charge in [0, 0.05) is 30.9 Å². The summed E-state index contributed by atoms with van der Waals surface area (Å²) in [5, 5.41) is 3.25. The molecule has 1 aliphatic carbocycles. The molecule has 38 heavy (non-hydrogen) atoms. The van der Waals surface area contributed by atoms with Crippen LogP contribution in [-0.4, -0.2) is 48.9 Å². The van der Waals surface area contributed by atoms with Crippen molar-refractivity contribution < 1.29 is 17.9 Å². The third kappa shape index (κ3) is 5.73. The summed E-state index contributed by atoms with van der Waals surface area (Å²) in [6, 6.07) is 13.1. The van der Waals surface area contributed by atoms with Gasteiger partial charge in [-0.05, 0) is 59.6 Å². The fourth-order valence-corrected chi connectivity index (χ4v) is 5.91. The molecule has 0 unspecified atom stereocenters. The molecular weight excluding hydrogens is 500 g/mol. The lowest BCUT2D eigenvalue weighted by Crippen LogP contribution is -2.34. The van der Waals surface area contributed by atoms with Crippen LogP contribution in [0.3, 0.4) is 0 Å². The Balaban J connectivity index is 1.68. The number of aromatic nitrogens is 2. The van der Waals surface area contributed by atoms with E-state index in [0.717, 1.165) is 23.2 Å². The van der Waals surface area contributed by atoms with Gasteiger partial charge in [0.2, 0.25) is 16.0 Å². The Kier molecular flexibility index (Phi) is 8.18. The smallest absolute Gasteiger partial charge is 0.227 e. The molecule has 202 valence electrons. The molecule has 1 N–H and O–H groups in total. The van der Waals surface area contributed by atoms with Crippen LogP contribution in [0.4, 0.5) is 11.6 Å². The van der Waals surface area contributed by atoms with Gasteiger partial charge in [-0.2, -0.15) is 4.31 Å². The van der Waals surface area contributed by atoms with Crippen molar-refractivity contribution in [2.75, 3.05) is 25.7 Å². The normalized spacial score (nSPS) is 17.1. The molecule has 0 fully saturated rings. The Bertz CT molecular complexity index is 1440. The number of carbonyl (C=O) groups excluding carboxylic acids is 1. The number of ketones is 1. The zero-order valence-electron chi connectivity index (χ0n) is 22.9. The van der Waals surface area contributed by atoms with Gasteiger partial charge in [-0.1, -0.05) is 45.0 Å². The van der Waals surface area contributed by atoms with Gasteiger partial charge < -0.3 is 10.1 Å². The largest absolute Gasteiger partial charge is 0.495 e. The van der Waals surface area contributed by atoms with Crippen LogP contribution in [0.25, 0.3) is 0 Å². The minimum absolute atomic E-state index is 0.0289. The number of hydrogen-bond donors (Lipinski definition) is 1. The lowest BCUT2D eigenvalue weighted by molar-refractivity contribution is 0.0988. The Morgan fingerprint density at radius 3 is 2.61 bits per heavy atom. The SMILES string of the molecule is CCC(=O)c1ccc(Nc2ncc(C(C)C)c(C[C@@H]3Cc4ccccc4[C@H]3N(C)S(C)(=O)=O)n2)c(OC)c1. The summed E-state index contributed by atoms with van der Waals surface area (Å²) >= 11 is 0. The fraction of sp³-hybridized carbons (Fsp3) is 0.414. The standard InChI is InChI=1S/C29H36N4O4S/c1-7-26(34)20-12-13-24(27(16-20)37-5)31-29-30-17-23(18(2)3)25(32-29)15-21-14-19-10-8-9-11-22(19)28(21)33(4)38(6,35)36/h8-13,16-18,21,28H,7,14-15H2,1-6H3,(H,30,31,32)/t21-,28-/m0/s1. The summed E-state index contributed by atoms with van der Waals surface area (Å²) in [7, 11) is -0.181. The molecule has 1 aliphatic rings. The number of benzene rings is 2. The number of Topliss-reactive ketones (excluding diaryl/α,β-unsaturated/α-hetero) is 1. The molecular formula is C29H36N4O4S. The number of ether oxygens (including phenoxy) is 1. The predicted octanol–water partition coefficient (Wildman–Crippen LogP) is 5.29. The summed E-state index contributed by atoms with van der Waals surface area (Å²) < 4.78 is 32.1. The summed E-state index contributed by atoms with van der Waals surface area (Å²) in [6.07, 6.45) is 4.88. The van der Waals surface area contributed by atoms with Crippen LogP contribution in [0.5, 0.6) is 5.75 Å². The van der Waals surface area contributed by atoms with E-state index in [0.29, 0.717) is 35.8 Å². The van der Waals surface area contributed by atoms with E-state index in [4.69, 9.17) is 9.72 Å². The maximum atomic E-state index is 12.6. The topological polar surface area (TPSA) is 101 Å². The first kappa shape index (κ1) is 27.7. The maximum Gasteiger partial charge on any atom is 0.227 e. The third-order valence-electron chi connectivity index (χ3n) is 7.29. The van der Waals surface area contributed by atoms with Crippen LogP contribution in [0.15, 0.2) is 48.7 Å². The first-order chi connectivity index (χ1) is 18.0. The van der Waals surface area contributed by atoms with E-state index >= 15 is 0 Å². The predicted molar refractivity (Wildman–Crippen MR) is 150 cm³/mol. The highest BCUT2D eigenvalue weighted by atomic mass is 32.2. The van der Waals surface area contributed by atoms with Gasteiger partial charge in [0.05, 0.1) is 25.1 Å². The molecule has 4 rings (SSSR count). The molecule has 3 aromatic rings. The molecule has 0 bridgehead atoms. The number of anilines is 2. The van der Waals surface area contributed by atoms with Gasteiger partial charge in [0.1, 0.15) is 5.75 Å². The molecule has 0 radical (unpaired) electrons. The molecule has 0 spiro atoms. The van der Waals surface area contributed by atoms with Crippen LogP contribution in [0.1, 0.15) is 71.9 Å². The maximum absolute atomic E-state index is 12.6. The number of rotatable bonds is 10. The lowest BCUT2D eigenvalue weighted by Gasteiger charge is -2.29. The van der Waals surface area contributed by atoms with E-state index in [1.54, 1.807) is 32.4 Å². The number of nitrogens with one attached hydrogen (secondary N) is 1. The van der Waals surface area contributed by atoms with Gasteiger partial charge in [-0.25, -0.2) is 18.4 Å². The number of fused-ring (bicyclic) bond motifs is 1. The summed E-state index contributed by atoms with van der Waals surface area (Å²) in [6.45, 7) is 6.03. The van der Waals surface area contributed by atoms with Crippen LogP contribution in [0, 0.1) is 5.92 Å². The zero-order valence-corrected chi connectivity index (χ0v) is 23.7. The average molecular weight is 537 g/mol. The average Bonchev–Trinajstić information content (AvgIpc) is 3.24. The van der Waals surface area contributed by atoms with Crippen LogP contribution in [-0.2, 0) is 22.9 Å². The Hall–Kier alpha value is -3.30. The molecule has 9 heteroatoms. The summed E-state index contributed by atoms with van der Waals surface area (Å²) in [5.41, 5.74) is 5.39. The molecule has 1 heterocycles. The van der Waals surface area contributed by atoms with Crippen molar-refractivity contribution in [1.82, 2.24) is 14.3 Å². The molecule has 0 aliphatic heterocycles. The minimum atomic E-state index is -3.40. The van der Waals surface area contributed by atoms with Crippen LogP contribution < -0.4 is 10.1 Å². The minimum Gasteiger partial charge on any atom is -0.495 e. The first-order valence-corrected chi connectivity index (χ1v) is 14.7. The fourth-order valence-electron chi connectivity index (χ4n) is 5.21.